The Bertz CT molecular complexity index is 1290. The molecule has 0 radical (unpaired) electrons. The maximum Gasteiger partial charge on any atom is 0.258 e. The van der Waals surface area contributed by atoms with E-state index >= 15 is 0 Å². The van der Waals surface area contributed by atoms with Crippen LogP contribution in [-0.2, 0) is 0 Å². The average Bonchev–Trinajstić information content (AvgIpc) is 3.13. The summed E-state index contributed by atoms with van der Waals surface area (Å²) in [5, 5.41) is 6.41. The van der Waals surface area contributed by atoms with Gasteiger partial charge in [-0.15, -0.1) is 0 Å². The molecule has 4 rings (SSSR count). The third-order valence-electron chi connectivity index (χ3n) is 4.15. The van der Waals surface area contributed by atoms with Gasteiger partial charge < -0.3 is 9.73 Å². The summed E-state index contributed by atoms with van der Waals surface area (Å²) in [4.78, 5) is 16.9. The lowest BCUT2D eigenvalue weighted by Gasteiger charge is -2.10. The number of nitrogens with one attached hydrogen (secondary N) is 2. The topological polar surface area (TPSA) is 67.2 Å². The SMILES string of the molecule is O=C(NC(=S)Nc1ccc2oc(-c3cc(I)ccc3Cl)nc2c1)c1ccccc1Br. The zero-order valence-corrected chi connectivity index (χ0v) is 20.4. The molecule has 0 spiro atoms. The first-order valence-corrected chi connectivity index (χ1v) is 11.3. The minimum Gasteiger partial charge on any atom is -0.436 e. The lowest BCUT2D eigenvalue weighted by Crippen LogP contribution is -2.34. The van der Waals surface area contributed by atoms with Crippen LogP contribution < -0.4 is 10.6 Å². The number of carbonyl (C=O) groups excluding carboxylic acids is 1. The highest BCUT2D eigenvalue weighted by Gasteiger charge is 2.14. The molecule has 0 atom stereocenters. The number of amides is 1. The van der Waals surface area contributed by atoms with E-state index in [2.05, 4.69) is 54.1 Å². The number of hydrogen-bond donors (Lipinski definition) is 2. The van der Waals surface area contributed by atoms with Gasteiger partial charge in [-0.1, -0.05) is 23.7 Å². The summed E-state index contributed by atoms with van der Waals surface area (Å²) in [5.74, 6) is 0.133. The molecule has 3 aromatic carbocycles. The van der Waals surface area contributed by atoms with Crippen LogP contribution in [0.25, 0.3) is 22.6 Å². The summed E-state index contributed by atoms with van der Waals surface area (Å²) >= 11 is 17.1. The molecule has 9 heteroatoms. The molecule has 1 heterocycles. The maximum absolute atomic E-state index is 12.4. The van der Waals surface area contributed by atoms with Gasteiger partial charge in [0.15, 0.2) is 10.7 Å². The fraction of sp³-hybridized carbons (Fsp3) is 0. The molecule has 1 amide bonds. The van der Waals surface area contributed by atoms with Gasteiger partial charge in [0, 0.05) is 13.7 Å². The number of thiocarbonyl (C=S) groups is 1. The summed E-state index contributed by atoms with van der Waals surface area (Å²) in [6.45, 7) is 0. The molecule has 0 aliphatic rings. The molecule has 0 bridgehead atoms. The second kappa shape index (κ2) is 9.01. The number of aromatic nitrogens is 1. The zero-order valence-electron chi connectivity index (χ0n) is 15.1. The van der Waals surface area contributed by atoms with Gasteiger partial charge >= 0.3 is 0 Å². The Kier molecular flexibility index (Phi) is 6.37. The molecule has 0 aliphatic heterocycles. The predicted molar refractivity (Wildman–Crippen MR) is 135 cm³/mol. The van der Waals surface area contributed by atoms with Crippen molar-refractivity contribution in [3.63, 3.8) is 0 Å². The number of anilines is 1. The van der Waals surface area contributed by atoms with Crippen LogP contribution in [0.2, 0.25) is 5.02 Å². The highest BCUT2D eigenvalue weighted by atomic mass is 127. The summed E-state index contributed by atoms with van der Waals surface area (Å²) in [6, 6.07) is 18.1. The second-order valence-electron chi connectivity index (χ2n) is 6.21. The highest BCUT2D eigenvalue weighted by molar-refractivity contribution is 14.1. The summed E-state index contributed by atoms with van der Waals surface area (Å²) in [5.41, 5.74) is 3.16. The fourth-order valence-corrected chi connectivity index (χ4v) is 4.12. The van der Waals surface area contributed by atoms with Crippen molar-refractivity contribution in [1.29, 1.82) is 0 Å². The van der Waals surface area contributed by atoms with Crippen LogP contribution in [0, 0.1) is 3.57 Å². The van der Waals surface area contributed by atoms with Crippen LogP contribution >= 0.6 is 62.3 Å². The minimum atomic E-state index is -0.307. The molecule has 5 nitrogen and oxygen atoms in total. The van der Waals surface area contributed by atoms with Gasteiger partial charge in [0.05, 0.1) is 16.1 Å². The van der Waals surface area contributed by atoms with Crippen molar-refractivity contribution in [1.82, 2.24) is 10.3 Å². The average molecular weight is 613 g/mol. The largest absolute Gasteiger partial charge is 0.436 e. The third kappa shape index (κ3) is 4.66. The molecule has 0 aliphatic carbocycles. The number of fused-ring (bicyclic) bond motifs is 1. The van der Waals surface area contributed by atoms with E-state index in [-0.39, 0.29) is 11.0 Å². The Morgan fingerprint density at radius 3 is 2.73 bits per heavy atom. The van der Waals surface area contributed by atoms with E-state index in [0.717, 1.165) is 9.13 Å². The number of halogens is 3. The molecular weight excluding hydrogens is 601 g/mol. The van der Waals surface area contributed by atoms with Gasteiger partial charge in [-0.25, -0.2) is 4.98 Å². The monoisotopic (exact) mass is 611 g/mol. The van der Waals surface area contributed by atoms with Crippen molar-refractivity contribution in [2.75, 3.05) is 5.32 Å². The molecule has 2 N–H and O–H groups in total. The molecule has 0 fully saturated rings. The van der Waals surface area contributed by atoms with E-state index in [4.69, 9.17) is 28.2 Å². The molecule has 1 aromatic heterocycles. The van der Waals surface area contributed by atoms with Crippen molar-refractivity contribution in [3.8, 4) is 11.5 Å². The van der Waals surface area contributed by atoms with Crippen LogP contribution in [0.15, 0.2) is 69.6 Å². The zero-order chi connectivity index (χ0) is 21.3. The first-order chi connectivity index (χ1) is 14.4. The standard InChI is InChI=1S/C21H12BrClIN3O2S/c22-15-4-2-1-3-13(15)19(28)27-21(30)25-12-6-8-18-17(10-12)26-20(29-18)14-9-11(24)5-7-16(14)23/h1-10H,(H2,25,27,28,30). The predicted octanol–water partition coefficient (Wildman–Crippen LogP) is 6.64. The quantitative estimate of drug-likeness (QED) is 0.201. The van der Waals surface area contributed by atoms with E-state index in [1.807, 2.05) is 24.3 Å². The molecule has 150 valence electrons. The molecular formula is C21H12BrClIN3O2S. The van der Waals surface area contributed by atoms with Crippen molar-refractivity contribution >= 4 is 90.1 Å². The van der Waals surface area contributed by atoms with Crippen LogP contribution in [0.4, 0.5) is 5.69 Å². The van der Waals surface area contributed by atoms with Crippen LogP contribution in [0.3, 0.4) is 0 Å². The number of oxazole rings is 1. The van der Waals surface area contributed by atoms with Crippen molar-refractivity contribution in [2.45, 2.75) is 0 Å². The number of rotatable bonds is 3. The molecule has 0 unspecified atom stereocenters. The molecule has 0 saturated carbocycles. The summed E-state index contributed by atoms with van der Waals surface area (Å²) in [6.07, 6.45) is 0. The Morgan fingerprint density at radius 2 is 1.93 bits per heavy atom. The lowest BCUT2D eigenvalue weighted by atomic mass is 10.2. The number of nitrogens with zero attached hydrogens (tertiary/aromatic N) is 1. The third-order valence-corrected chi connectivity index (χ3v) is 6.05. The summed E-state index contributed by atoms with van der Waals surface area (Å²) in [7, 11) is 0. The van der Waals surface area contributed by atoms with Gasteiger partial charge in [-0.05, 0) is 99.3 Å². The Hall–Kier alpha value is -2.01. The molecule has 0 saturated heterocycles. The molecule has 30 heavy (non-hydrogen) atoms. The van der Waals surface area contributed by atoms with Gasteiger partial charge in [0.2, 0.25) is 5.89 Å². The number of carbonyl (C=O) groups is 1. The van der Waals surface area contributed by atoms with E-state index in [1.165, 1.54) is 0 Å². The van der Waals surface area contributed by atoms with E-state index in [1.54, 1.807) is 36.4 Å². The van der Waals surface area contributed by atoms with Gasteiger partial charge in [0.1, 0.15) is 5.52 Å². The van der Waals surface area contributed by atoms with Gasteiger partial charge in [-0.3, -0.25) is 10.1 Å². The number of benzene rings is 3. The van der Waals surface area contributed by atoms with E-state index in [0.29, 0.717) is 37.7 Å². The van der Waals surface area contributed by atoms with Crippen molar-refractivity contribution < 1.29 is 9.21 Å². The van der Waals surface area contributed by atoms with Crippen LogP contribution in [-0.4, -0.2) is 16.0 Å². The van der Waals surface area contributed by atoms with Crippen LogP contribution in [0.5, 0.6) is 0 Å². The Labute approximate surface area is 204 Å². The first-order valence-electron chi connectivity index (χ1n) is 8.63. The minimum absolute atomic E-state index is 0.180. The van der Waals surface area contributed by atoms with E-state index in [9.17, 15) is 4.79 Å². The second-order valence-corrected chi connectivity index (χ2v) is 9.13. The Morgan fingerprint density at radius 1 is 1.13 bits per heavy atom. The lowest BCUT2D eigenvalue weighted by molar-refractivity contribution is 0.0977. The van der Waals surface area contributed by atoms with Crippen molar-refractivity contribution in [2.24, 2.45) is 0 Å². The van der Waals surface area contributed by atoms with Gasteiger partial charge in [0.25, 0.3) is 5.91 Å². The number of hydrogen-bond acceptors (Lipinski definition) is 4. The normalized spacial score (nSPS) is 10.8. The van der Waals surface area contributed by atoms with Gasteiger partial charge in [-0.2, -0.15) is 0 Å². The van der Waals surface area contributed by atoms with E-state index < -0.39 is 0 Å². The highest BCUT2D eigenvalue weighted by Crippen LogP contribution is 2.32. The smallest absolute Gasteiger partial charge is 0.258 e. The maximum atomic E-state index is 12.4. The fourth-order valence-electron chi connectivity index (χ4n) is 2.76. The molecule has 4 aromatic rings. The Balaban J connectivity index is 1.52. The van der Waals surface area contributed by atoms with Crippen molar-refractivity contribution in [3.05, 3.63) is 79.3 Å². The summed E-state index contributed by atoms with van der Waals surface area (Å²) < 4.78 is 7.57. The first kappa shape index (κ1) is 21.2. The van der Waals surface area contributed by atoms with Crippen LogP contribution in [0.1, 0.15) is 10.4 Å².